The monoisotopic (exact) mass is 467 g/mol. The molecule has 162 valence electrons. The highest BCUT2D eigenvalue weighted by atomic mass is 35.5. The molecule has 0 atom stereocenters. The molecule has 7 heteroatoms. The molecule has 1 heterocycles. The molecular weight excluding hydrogens is 449 g/mol. The molecule has 4 rings (SSSR count). The summed E-state index contributed by atoms with van der Waals surface area (Å²) in [5, 5.41) is 0.822. The van der Waals surface area contributed by atoms with Gasteiger partial charge in [0.25, 0.3) is 5.91 Å². The molecule has 0 aliphatic carbocycles. The third-order valence-electron chi connectivity index (χ3n) is 5.05. The van der Waals surface area contributed by atoms with Crippen molar-refractivity contribution in [3.05, 3.63) is 93.5 Å². The van der Waals surface area contributed by atoms with Gasteiger partial charge in [-0.2, -0.15) is 0 Å². The minimum Gasteiger partial charge on any atom is -0.497 e. The van der Waals surface area contributed by atoms with E-state index in [4.69, 9.17) is 32.7 Å². The number of hydrogen-bond acceptors (Lipinski definition) is 4. The number of benzene rings is 3. The lowest BCUT2D eigenvalue weighted by atomic mass is 10.0. The highest BCUT2D eigenvalue weighted by Crippen LogP contribution is 2.40. The van der Waals surface area contributed by atoms with Crippen molar-refractivity contribution in [1.82, 2.24) is 0 Å². The number of carbonyl (C=O) groups excluding carboxylic acids is 2. The summed E-state index contributed by atoms with van der Waals surface area (Å²) >= 11 is 12.1. The smallest absolute Gasteiger partial charge is 0.326 e. The molecule has 0 aromatic heterocycles. The van der Waals surface area contributed by atoms with Gasteiger partial charge in [-0.15, -0.1) is 0 Å². The van der Waals surface area contributed by atoms with Crippen LogP contribution in [0.5, 0.6) is 5.75 Å². The van der Waals surface area contributed by atoms with Gasteiger partial charge in [0.2, 0.25) is 0 Å². The number of ether oxygens (including phenoxy) is 2. The fraction of sp³-hybridized carbons (Fsp3) is 0.120. The van der Waals surface area contributed by atoms with Crippen molar-refractivity contribution < 1.29 is 19.1 Å². The Balaban J connectivity index is 1.61. The molecule has 3 aromatic rings. The number of hydrogen-bond donors (Lipinski definition) is 0. The average Bonchev–Trinajstić information content (AvgIpc) is 3.06. The van der Waals surface area contributed by atoms with Crippen LogP contribution in [0.4, 0.5) is 5.69 Å². The summed E-state index contributed by atoms with van der Waals surface area (Å²) in [6.07, 6.45) is 1.73. The van der Waals surface area contributed by atoms with Crippen LogP contribution in [0.3, 0.4) is 0 Å². The topological polar surface area (TPSA) is 55.8 Å². The van der Waals surface area contributed by atoms with Crippen LogP contribution in [0.15, 0.2) is 66.7 Å². The van der Waals surface area contributed by atoms with Crippen LogP contribution in [0.1, 0.15) is 16.7 Å². The van der Waals surface area contributed by atoms with E-state index in [1.165, 1.54) is 4.90 Å². The molecule has 0 radical (unpaired) electrons. The fourth-order valence-electron chi connectivity index (χ4n) is 3.44. The van der Waals surface area contributed by atoms with Gasteiger partial charge in [-0.05, 0) is 41.5 Å². The molecule has 5 nitrogen and oxygen atoms in total. The summed E-state index contributed by atoms with van der Waals surface area (Å²) in [4.78, 5) is 27.2. The minimum absolute atomic E-state index is 0.138. The van der Waals surface area contributed by atoms with Gasteiger partial charge in [0.1, 0.15) is 18.9 Å². The largest absolute Gasteiger partial charge is 0.497 e. The van der Waals surface area contributed by atoms with Crippen LogP contribution in [0.25, 0.3) is 11.6 Å². The molecule has 0 fully saturated rings. The highest BCUT2D eigenvalue weighted by Gasteiger charge is 2.34. The Morgan fingerprint density at radius 3 is 2.50 bits per heavy atom. The summed E-state index contributed by atoms with van der Waals surface area (Å²) < 4.78 is 10.7. The fourth-order valence-corrected chi connectivity index (χ4v) is 3.74. The first-order valence-corrected chi connectivity index (χ1v) is 10.6. The lowest BCUT2D eigenvalue weighted by Gasteiger charge is -2.16. The van der Waals surface area contributed by atoms with Crippen LogP contribution in [0.2, 0.25) is 10.0 Å². The Labute approximate surface area is 195 Å². The van der Waals surface area contributed by atoms with Gasteiger partial charge in [-0.1, -0.05) is 59.6 Å². The molecule has 0 spiro atoms. The number of amides is 1. The zero-order valence-electron chi connectivity index (χ0n) is 17.2. The van der Waals surface area contributed by atoms with Gasteiger partial charge in [0.05, 0.1) is 22.8 Å². The number of esters is 1. The van der Waals surface area contributed by atoms with Crippen molar-refractivity contribution in [1.29, 1.82) is 0 Å². The van der Waals surface area contributed by atoms with Gasteiger partial charge < -0.3 is 9.47 Å². The zero-order chi connectivity index (χ0) is 22.7. The normalized spacial score (nSPS) is 13.9. The maximum atomic E-state index is 13.3. The Morgan fingerprint density at radius 1 is 1.00 bits per heavy atom. The van der Waals surface area contributed by atoms with Crippen molar-refractivity contribution in [2.24, 2.45) is 0 Å². The molecule has 0 bridgehead atoms. The summed E-state index contributed by atoms with van der Waals surface area (Å²) in [6.45, 7) is -0.0802. The van der Waals surface area contributed by atoms with Crippen LogP contribution in [-0.2, 0) is 20.9 Å². The van der Waals surface area contributed by atoms with Crippen molar-refractivity contribution >= 4 is 52.4 Å². The maximum Gasteiger partial charge on any atom is 0.326 e. The first-order valence-electron chi connectivity index (χ1n) is 9.83. The third kappa shape index (κ3) is 4.64. The van der Waals surface area contributed by atoms with Crippen molar-refractivity contribution in [3.8, 4) is 5.75 Å². The van der Waals surface area contributed by atoms with E-state index in [0.29, 0.717) is 32.6 Å². The molecule has 0 saturated carbocycles. The van der Waals surface area contributed by atoms with E-state index in [0.717, 1.165) is 11.1 Å². The van der Waals surface area contributed by atoms with Gasteiger partial charge in [-0.3, -0.25) is 14.5 Å². The maximum absolute atomic E-state index is 13.3. The van der Waals surface area contributed by atoms with E-state index in [9.17, 15) is 9.59 Å². The van der Waals surface area contributed by atoms with Crippen LogP contribution in [0, 0.1) is 0 Å². The van der Waals surface area contributed by atoms with Gasteiger partial charge in [-0.25, -0.2) is 0 Å². The lowest BCUT2D eigenvalue weighted by Crippen LogP contribution is -2.33. The molecule has 0 N–H and O–H groups in total. The predicted octanol–water partition coefficient (Wildman–Crippen LogP) is 5.63. The van der Waals surface area contributed by atoms with Crippen LogP contribution in [-0.4, -0.2) is 25.5 Å². The number of methoxy groups -OCH3 is 1. The Kier molecular flexibility index (Phi) is 6.49. The van der Waals surface area contributed by atoms with Crippen LogP contribution < -0.4 is 9.64 Å². The zero-order valence-corrected chi connectivity index (χ0v) is 18.7. The second kappa shape index (κ2) is 9.47. The molecule has 0 saturated heterocycles. The molecule has 32 heavy (non-hydrogen) atoms. The van der Waals surface area contributed by atoms with E-state index < -0.39 is 5.97 Å². The number of fused-ring (bicyclic) bond motifs is 1. The standard InChI is InChI=1S/C25H19Cl2NO4/c1-31-18-8-9-19-20(11-17-7-10-21(26)22(27)12-17)25(30)28(23(19)13-18)14-24(29)32-15-16-5-3-2-4-6-16/h2-13H,14-15H2,1H3. The predicted molar refractivity (Wildman–Crippen MR) is 126 cm³/mol. The van der Waals surface area contributed by atoms with Crippen LogP contribution >= 0.6 is 23.2 Å². The number of halogens is 2. The molecule has 1 amide bonds. The van der Waals surface area contributed by atoms with E-state index in [-0.39, 0.29) is 19.1 Å². The molecular formula is C25H19Cl2NO4. The molecule has 1 aliphatic rings. The second-order valence-electron chi connectivity index (χ2n) is 7.15. The molecule has 3 aromatic carbocycles. The lowest BCUT2D eigenvalue weighted by molar-refractivity contribution is -0.143. The third-order valence-corrected chi connectivity index (χ3v) is 5.78. The van der Waals surface area contributed by atoms with Gasteiger partial charge >= 0.3 is 5.97 Å². The van der Waals surface area contributed by atoms with E-state index in [2.05, 4.69) is 0 Å². The first-order chi connectivity index (χ1) is 15.5. The van der Waals surface area contributed by atoms with E-state index in [1.807, 2.05) is 30.3 Å². The van der Waals surface area contributed by atoms with Gasteiger partial charge in [0.15, 0.2) is 0 Å². The number of rotatable bonds is 6. The second-order valence-corrected chi connectivity index (χ2v) is 7.97. The van der Waals surface area contributed by atoms with Gasteiger partial charge in [0, 0.05) is 17.2 Å². The summed E-state index contributed by atoms with van der Waals surface area (Å²) in [6, 6.07) is 19.8. The quantitative estimate of drug-likeness (QED) is 0.348. The average molecular weight is 468 g/mol. The van der Waals surface area contributed by atoms with Crippen molar-refractivity contribution in [3.63, 3.8) is 0 Å². The summed E-state index contributed by atoms with van der Waals surface area (Å²) in [5.74, 6) is -0.238. The summed E-state index contributed by atoms with van der Waals surface area (Å²) in [7, 11) is 1.55. The number of carbonyl (C=O) groups is 2. The van der Waals surface area contributed by atoms with Crippen molar-refractivity contribution in [2.45, 2.75) is 6.61 Å². The Bertz CT molecular complexity index is 1210. The van der Waals surface area contributed by atoms with E-state index >= 15 is 0 Å². The van der Waals surface area contributed by atoms with Crippen molar-refractivity contribution in [2.75, 3.05) is 18.6 Å². The Morgan fingerprint density at radius 2 is 1.78 bits per heavy atom. The SMILES string of the molecule is COc1ccc2c(c1)N(CC(=O)OCc1ccccc1)C(=O)C2=Cc1ccc(Cl)c(Cl)c1. The minimum atomic E-state index is -0.508. The molecule has 1 aliphatic heterocycles. The first kappa shape index (κ1) is 21.9. The van der Waals surface area contributed by atoms with E-state index in [1.54, 1.807) is 49.6 Å². The number of anilines is 1. The summed E-state index contributed by atoms with van der Waals surface area (Å²) in [5.41, 5.74) is 3.31. The number of nitrogens with zero attached hydrogens (tertiary/aromatic N) is 1. The Hall–Kier alpha value is -3.28. The highest BCUT2D eigenvalue weighted by molar-refractivity contribution is 6.42. The molecule has 0 unspecified atom stereocenters.